The maximum Gasteiger partial charge on any atom is 0.261 e. The van der Waals surface area contributed by atoms with Gasteiger partial charge in [-0.1, -0.05) is 20.8 Å². The first-order valence-corrected chi connectivity index (χ1v) is 8.18. The normalized spacial score (nSPS) is 11.6. The Balaban J connectivity index is 2.03. The third-order valence-electron chi connectivity index (χ3n) is 3.59. The Kier molecular flexibility index (Phi) is 3.84. The summed E-state index contributed by atoms with van der Waals surface area (Å²) in [6.45, 7) is 6.02. The van der Waals surface area contributed by atoms with Crippen molar-refractivity contribution in [3.8, 4) is 0 Å². The molecule has 0 unspecified atom stereocenters. The molecule has 0 saturated heterocycles. The molecule has 7 nitrogen and oxygen atoms in total. The molecule has 0 spiro atoms. The van der Waals surface area contributed by atoms with Crippen molar-refractivity contribution in [1.29, 1.82) is 0 Å². The van der Waals surface area contributed by atoms with Crippen molar-refractivity contribution >= 4 is 34.5 Å². The largest absolute Gasteiger partial charge is 0.365 e. The zero-order chi connectivity index (χ0) is 17.5. The molecule has 3 heterocycles. The van der Waals surface area contributed by atoms with Gasteiger partial charge in [-0.15, -0.1) is 11.3 Å². The third-order valence-corrected chi connectivity index (χ3v) is 4.58. The number of amides is 2. The summed E-state index contributed by atoms with van der Waals surface area (Å²) in [6, 6.07) is 1.73. The van der Waals surface area contributed by atoms with Gasteiger partial charge in [0.2, 0.25) is 0 Å². The smallest absolute Gasteiger partial charge is 0.261 e. The molecule has 0 atom stereocenters. The van der Waals surface area contributed by atoms with Gasteiger partial charge in [-0.2, -0.15) is 5.10 Å². The lowest BCUT2D eigenvalue weighted by molar-refractivity contribution is 0.100. The maximum absolute atomic E-state index is 12.7. The lowest BCUT2D eigenvalue weighted by Crippen LogP contribution is -2.20. The van der Waals surface area contributed by atoms with Gasteiger partial charge in [-0.05, 0) is 22.4 Å². The van der Waals surface area contributed by atoms with Crippen molar-refractivity contribution in [2.45, 2.75) is 26.2 Å². The van der Waals surface area contributed by atoms with Crippen LogP contribution in [-0.4, -0.2) is 26.4 Å². The Bertz CT molecular complexity index is 935. The molecule has 24 heavy (non-hydrogen) atoms. The molecular formula is C16H17N5O2S. The number of nitrogens with one attached hydrogen (secondary N) is 1. The number of primary amides is 1. The average molecular weight is 343 g/mol. The molecule has 0 aromatic carbocycles. The second-order valence-corrected chi connectivity index (χ2v) is 7.25. The third kappa shape index (κ3) is 2.76. The first-order valence-electron chi connectivity index (χ1n) is 7.30. The van der Waals surface area contributed by atoms with E-state index in [1.165, 1.54) is 22.0 Å². The summed E-state index contributed by atoms with van der Waals surface area (Å²) < 4.78 is 1.52. The molecule has 0 bridgehead atoms. The number of rotatable bonds is 3. The van der Waals surface area contributed by atoms with E-state index in [0.717, 1.165) is 5.56 Å². The van der Waals surface area contributed by atoms with E-state index in [0.29, 0.717) is 21.8 Å². The zero-order valence-corrected chi connectivity index (χ0v) is 14.3. The van der Waals surface area contributed by atoms with Crippen molar-refractivity contribution < 1.29 is 9.59 Å². The molecule has 0 fully saturated rings. The number of hydrogen-bond donors (Lipinski definition) is 2. The van der Waals surface area contributed by atoms with Gasteiger partial charge in [-0.3, -0.25) is 9.59 Å². The quantitative estimate of drug-likeness (QED) is 0.762. The van der Waals surface area contributed by atoms with Crippen LogP contribution in [0.15, 0.2) is 30.0 Å². The predicted molar refractivity (Wildman–Crippen MR) is 92.5 cm³/mol. The highest BCUT2D eigenvalue weighted by atomic mass is 32.1. The summed E-state index contributed by atoms with van der Waals surface area (Å²) >= 11 is 1.23. The fourth-order valence-corrected chi connectivity index (χ4v) is 3.49. The van der Waals surface area contributed by atoms with E-state index in [2.05, 4.69) is 15.4 Å². The number of hydrogen-bond acceptors (Lipinski definition) is 5. The van der Waals surface area contributed by atoms with E-state index in [4.69, 9.17) is 5.73 Å². The second-order valence-electron chi connectivity index (χ2n) is 6.37. The first-order chi connectivity index (χ1) is 11.3. The Morgan fingerprint density at radius 3 is 2.75 bits per heavy atom. The van der Waals surface area contributed by atoms with Crippen LogP contribution in [0.4, 0.5) is 5.69 Å². The first kappa shape index (κ1) is 16.1. The fourth-order valence-electron chi connectivity index (χ4n) is 2.38. The van der Waals surface area contributed by atoms with Crippen LogP contribution in [0.25, 0.3) is 5.65 Å². The van der Waals surface area contributed by atoms with Crippen LogP contribution < -0.4 is 11.1 Å². The van der Waals surface area contributed by atoms with Crippen LogP contribution in [-0.2, 0) is 5.41 Å². The number of aromatic nitrogens is 3. The summed E-state index contributed by atoms with van der Waals surface area (Å²) in [6.07, 6.45) is 4.75. The molecule has 2 amide bonds. The monoisotopic (exact) mass is 343 g/mol. The van der Waals surface area contributed by atoms with E-state index in [1.54, 1.807) is 18.5 Å². The molecule has 0 saturated carbocycles. The van der Waals surface area contributed by atoms with Crippen LogP contribution in [0.5, 0.6) is 0 Å². The van der Waals surface area contributed by atoms with Crippen LogP contribution >= 0.6 is 11.3 Å². The summed E-state index contributed by atoms with van der Waals surface area (Å²) in [5.41, 5.74) is 7.30. The molecular weight excluding hydrogens is 326 g/mol. The molecule has 0 aliphatic heterocycles. The van der Waals surface area contributed by atoms with E-state index < -0.39 is 5.91 Å². The van der Waals surface area contributed by atoms with Crippen molar-refractivity contribution in [3.63, 3.8) is 0 Å². The summed E-state index contributed by atoms with van der Waals surface area (Å²) in [5.74, 6) is -0.945. The van der Waals surface area contributed by atoms with Gasteiger partial charge < -0.3 is 11.1 Å². The van der Waals surface area contributed by atoms with Crippen LogP contribution in [0, 0.1) is 0 Å². The molecule has 8 heteroatoms. The minimum absolute atomic E-state index is 0.244. The lowest BCUT2D eigenvalue weighted by atomic mass is 9.87. The molecule has 3 N–H and O–H groups in total. The van der Waals surface area contributed by atoms with E-state index in [-0.39, 0.29) is 11.3 Å². The number of thiophene rings is 1. The van der Waals surface area contributed by atoms with Gasteiger partial charge in [0.15, 0.2) is 5.65 Å². The minimum atomic E-state index is -0.566. The Morgan fingerprint density at radius 2 is 2.08 bits per heavy atom. The number of carbonyl (C=O) groups is 2. The van der Waals surface area contributed by atoms with Crippen LogP contribution in [0.2, 0.25) is 0 Å². The van der Waals surface area contributed by atoms with Gasteiger partial charge >= 0.3 is 0 Å². The average Bonchev–Trinajstić information content (AvgIpc) is 3.10. The van der Waals surface area contributed by atoms with Gasteiger partial charge in [0, 0.05) is 12.4 Å². The number of anilines is 1. The standard InChI is InChI=1S/C16H17N5O2S/c1-16(2,3)10-8-24-12(13(17)22)11(10)20-15(23)9-7-19-21-6-4-5-18-14(9)21/h4-8H,1-3H3,(H2,17,22)(H,20,23). The van der Waals surface area contributed by atoms with Crippen LogP contribution in [0.1, 0.15) is 46.4 Å². The van der Waals surface area contributed by atoms with E-state index in [1.807, 2.05) is 26.2 Å². The molecule has 0 radical (unpaired) electrons. The number of carbonyl (C=O) groups excluding carboxylic acids is 2. The zero-order valence-electron chi connectivity index (χ0n) is 13.5. The SMILES string of the molecule is CC(C)(C)c1csc(C(N)=O)c1NC(=O)c1cnn2cccnc12. The number of nitrogens with zero attached hydrogens (tertiary/aromatic N) is 3. The second kappa shape index (κ2) is 5.72. The van der Waals surface area contributed by atoms with Gasteiger partial charge in [-0.25, -0.2) is 9.50 Å². The van der Waals surface area contributed by atoms with Crippen molar-refractivity contribution in [3.05, 3.63) is 46.0 Å². The summed E-state index contributed by atoms with van der Waals surface area (Å²) in [5, 5.41) is 8.77. The highest BCUT2D eigenvalue weighted by Crippen LogP contribution is 2.37. The van der Waals surface area contributed by atoms with Gasteiger partial charge in [0.1, 0.15) is 10.4 Å². The fraction of sp³-hybridized carbons (Fsp3) is 0.250. The molecule has 3 aromatic rings. The van der Waals surface area contributed by atoms with Crippen LogP contribution in [0.3, 0.4) is 0 Å². The lowest BCUT2D eigenvalue weighted by Gasteiger charge is -2.20. The van der Waals surface area contributed by atoms with E-state index >= 15 is 0 Å². The number of fused-ring (bicyclic) bond motifs is 1. The predicted octanol–water partition coefficient (Wildman–Crippen LogP) is 2.44. The highest BCUT2D eigenvalue weighted by Gasteiger charge is 2.26. The van der Waals surface area contributed by atoms with Gasteiger partial charge in [0.05, 0.1) is 11.9 Å². The Morgan fingerprint density at radius 1 is 1.33 bits per heavy atom. The Hall–Kier alpha value is -2.74. The van der Waals surface area contributed by atoms with Crippen molar-refractivity contribution in [2.24, 2.45) is 5.73 Å². The van der Waals surface area contributed by atoms with Gasteiger partial charge in [0.25, 0.3) is 11.8 Å². The number of nitrogens with two attached hydrogens (primary N) is 1. The molecule has 124 valence electrons. The van der Waals surface area contributed by atoms with E-state index in [9.17, 15) is 9.59 Å². The van der Waals surface area contributed by atoms with Crippen molar-refractivity contribution in [2.75, 3.05) is 5.32 Å². The summed E-state index contributed by atoms with van der Waals surface area (Å²) in [4.78, 5) is 28.9. The minimum Gasteiger partial charge on any atom is -0.365 e. The molecule has 0 aliphatic rings. The molecule has 3 aromatic heterocycles. The highest BCUT2D eigenvalue weighted by molar-refractivity contribution is 7.13. The summed E-state index contributed by atoms with van der Waals surface area (Å²) in [7, 11) is 0. The topological polar surface area (TPSA) is 102 Å². The Labute approximate surface area is 142 Å². The maximum atomic E-state index is 12.7. The van der Waals surface area contributed by atoms with Crippen molar-refractivity contribution in [1.82, 2.24) is 14.6 Å². The molecule has 3 rings (SSSR count). The molecule has 0 aliphatic carbocycles.